The summed E-state index contributed by atoms with van der Waals surface area (Å²) in [6.07, 6.45) is 0. The minimum absolute atomic E-state index is 0. The lowest BCUT2D eigenvalue weighted by Gasteiger charge is -2.37. The van der Waals surface area contributed by atoms with Crippen LogP contribution in [0, 0.1) is 0 Å². The van der Waals surface area contributed by atoms with E-state index in [-0.39, 0.29) is 24.4 Å². The highest BCUT2D eigenvalue weighted by Gasteiger charge is 2.28. The van der Waals surface area contributed by atoms with Crippen LogP contribution in [0.5, 0.6) is 0 Å². The zero-order valence-corrected chi connectivity index (χ0v) is 12.2. The summed E-state index contributed by atoms with van der Waals surface area (Å²) >= 11 is 3.20. The molecule has 4 nitrogen and oxygen atoms in total. The summed E-state index contributed by atoms with van der Waals surface area (Å²) in [5.74, 6) is 0.361. The van der Waals surface area contributed by atoms with E-state index in [0.29, 0.717) is 16.5 Å². The van der Waals surface area contributed by atoms with Crippen molar-refractivity contribution in [2.75, 3.05) is 13.1 Å². The van der Waals surface area contributed by atoms with E-state index in [4.69, 9.17) is 4.42 Å². The molecule has 2 unspecified atom stereocenters. The third-order valence-corrected chi connectivity index (χ3v) is 3.24. The van der Waals surface area contributed by atoms with Gasteiger partial charge in [0.1, 0.15) is 0 Å². The Balaban J connectivity index is 0.00000144. The first kappa shape index (κ1) is 14.5. The van der Waals surface area contributed by atoms with E-state index >= 15 is 0 Å². The molecule has 2 heterocycles. The quantitative estimate of drug-likeness (QED) is 0.862. The molecule has 1 N–H and O–H groups in total. The monoisotopic (exact) mass is 322 g/mol. The molecule has 1 aromatic rings. The SMILES string of the molecule is CC1CN(C(=O)c2ccc(Br)o2)C(C)CN1.Cl. The molecular weight excluding hydrogens is 307 g/mol. The van der Waals surface area contributed by atoms with Crippen molar-refractivity contribution in [3.05, 3.63) is 22.6 Å². The number of carbonyl (C=O) groups is 1. The Bertz CT molecular complexity index is 397. The summed E-state index contributed by atoms with van der Waals surface area (Å²) in [4.78, 5) is 14.0. The van der Waals surface area contributed by atoms with Crippen LogP contribution < -0.4 is 5.32 Å². The predicted molar refractivity (Wildman–Crippen MR) is 71.6 cm³/mol. The van der Waals surface area contributed by atoms with Crippen LogP contribution in [0.25, 0.3) is 0 Å². The molecule has 1 fully saturated rings. The largest absolute Gasteiger partial charge is 0.444 e. The summed E-state index contributed by atoms with van der Waals surface area (Å²) in [7, 11) is 0. The van der Waals surface area contributed by atoms with Crippen LogP contribution >= 0.6 is 28.3 Å². The third kappa shape index (κ3) is 3.24. The van der Waals surface area contributed by atoms with Crippen molar-refractivity contribution >= 4 is 34.2 Å². The maximum absolute atomic E-state index is 12.2. The minimum Gasteiger partial charge on any atom is -0.444 e. The second-order valence-corrected chi connectivity index (χ2v) is 5.00. The molecule has 2 rings (SSSR count). The normalized spacial score (nSPS) is 24.3. The Morgan fingerprint density at radius 2 is 2.24 bits per heavy atom. The van der Waals surface area contributed by atoms with Crippen molar-refractivity contribution in [1.29, 1.82) is 0 Å². The molecule has 0 aromatic carbocycles. The van der Waals surface area contributed by atoms with Gasteiger partial charge in [0.15, 0.2) is 10.4 Å². The number of halogens is 2. The second-order valence-electron chi connectivity index (χ2n) is 4.22. The average Bonchev–Trinajstić information content (AvgIpc) is 2.67. The van der Waals surface area contributed by atoms with Gasteiger partial charge in [-0.05, 0) is 41.9 Å². The Labute approximate surface area is 115 Å². The number of piperazine rings is 1. The lowest BCUT2D eigenvalue weighted by Crippen LogP contribution is -2.56. The first-order valence-corrected chi connectivity index (χ1v) is 6.17. The molecule has 1 amide bonds. The van der Waals surface area contributed by atoms with Crippen molar-refractivity contribution in [3.63, 3.8) is 0 Å². The molecule has 17 heavy (non-hydrogen) atoms. The molecule has 2 atom stereocenters. The van der Waals surface area contributed by atoms with E-state index in [1.807, 2.05) is 11.8 Å². The topological polar surface area (TPSA) is 45.5 Å². The lowest BCUT2D eigenvalue weighted by atomic mass is 10.1. The highest BCUT2D eigenvalue weighted by Crippen LogP contribution is 2.18. The van der Waals surface area contributed by atoms with Crippen LogP contribution in [-0.4, -0.2) is 36.0 Å². The number of nitrogens with zero attached hydrogens (tertiary/aromatic N) is 1. The van der Waals surface area contributed by atoms with Crippen LogP contribution in [0.3, 0.4) is 0 Å². The van der Waals surface area contributed by atoms with Gasteiger partial charge in [0.2, 0.25) is 0 Å². The molecule has 1 aromatic heterocycles. The lowest BCUT2D eigenvalue weighted by molar-refractivity contribution is 0.0582. The van der Waals surface area contributed by atoms with Gasteiger partial charge in [-0.1, -0.05) is 0 Å². The third-order valence-electron chi connectivity index (χ3n) is 2.81. The summed E-state index contributed by atoms with van der Waals surface area (Å²) in [6.45, 7) is 5.66. The molecule has 96 valence electrons. The van der Waals surface area contributed by atoms with E-state index in [2.05, 4.69) is 28.2 Å². The Hall–Kier alpha value is -0.520. The van der Waals surface area contributed by atoms with Crippen molar-refractivity contribution in [1.82, 2.24) is 10.2 Å². The molecule has 0 bridgehead atoms. The molecule has 1 aliphatic rings. The first-order chi connectivity index (χ1) is 7.58. The molecule has 0 spiro atoms. The van der Waals surface area contributed by atoms with E-state index in [9.17, 15) is 4.79 Å². The maximum atomic E-state index is 12.2. The number of hydrogen-bond donors (Lipinski definition) is 1. The van der Waals surface area contributed by atoms with E-state index in [0.717, 1.165) is 13.1 Å². The molecule has 1 saturated heterocycles. The standard InChI is InChI=1S/C11H15BrN2O2.ClH/c1-7-6-14(8(2)5-13-7)11(15)9-3-4-10(12)16-9;/h3-4,7-8,13H,5-6H2,1-2H3;1H. The highest BCUT2D eigenvalue weighted by molar-refractivity contribution is 9.10. The molecule has 1 aliphatic heterocycles. The van der Waals surface area contributed by atoms with Gasteiger partial charge in [0.05, 0.1) is 0 Å². The minimum atomic E-state index is -0.0356. The van der Waals surface area contributed by atoms with Crippen LogP contribution in [0.1, 0.15) is 24.4 Å². The van der Waals surface area contributed by atoms with Crippen molar-refractivity contribution in [2.24, 2.45) is 0 Å². The Kier molecular flexibility index (Phi) is 5.04. The number of nitrogens with one attached hydrogen (secondary N) is 1. The fraction of sp³-hybridized carbons (Fsp3) is 0.545. The predicted octanol–water partition coefficient (Wildman–Crippen LogP) is 2.29. The number of rotatable bonds is 1. The number of hydrogen-bond acceptors (Lipinski definition) is 3. The zero-order valence-electron chi connectivity index (χ0n) is 9.77. The zero-order chi connectivity index (χ0) is 11.7. The van der Waals surface area contributed by atoms with Gasteiger partial charge in [0, 0.05) is 25.2 Å². The summed E-state index contributed by atoms with van der Waals surface area (Å²) in [6, 6.07) is 3.97. The van der Waals surface area contributed by atoms with Gasteiger partial charge in [-0.15, -0.1) is 12.4 Å². The molecule has 0 aliphatic carbocycles. The van der Waals surface area contributed by atoms with Crippen molar-refractivity contribution < 1.29 is 9.21 Å². The van der Waals surface area contributed by atoms with Gasteiger partial charge in [-0.25, -0.2) is 0 Å². The average molecular weight is 324 g/mol. The second kappa shape index (κ2) is 5.89. The number of carbonyl (C=O) groups excluding carboxylic acids is 1. The smallest absolute Gasteiger partial charge is 0.289 e. The van der Waals surface area contributed by atoms with Crippen LogP contribution in [-0.2, 0) is 0 Å². The Morgan fingerprint density at radius 3 is 2.82 bits per heavy atom. The van der Waals surface area contributed by atoms with Crippen LogP contribution in [0.4, 0.5) is 0 Å². The van der Waals surface area contributed by atoms with E-state index < -0.39 is 0 Å². The van der Waals surface area contributed by atoms with Gasteiger partial charge < -0.3 is 14.6 Å². The fourth-order valence-corrected chi connectivity index (χ4v) is 2.18. The molecule has 0 saturated carbocycles. The molecular formula is C11H16BrClN2O2. The first-order valence-electron chi connectivity index (χ1n) is 5.37. The van der Waals surface area contributed by atoms with E-state index in [1.54, 1.807) is 12.1 Å². The van der Waals surface area contributed by atoms with Gasteiger partial charge >= 0.3 is 0 Å². The summed E-state index contributed by atoms with van der Waals surface area (Å²) in [5, 5.41) is 3.34. The Morgan fingerprint density at radius 1 is 1.53 bits per heavy atom. The van der Waals surface area contributed by atoms with Crippen LogP contribution in [0.2, 0.25) is 0 Å². The summed E-state index contributed by atoms with van der Waals surface area (Å²) < 4.78 is 5.88. The molecule has 6 heteroatoms. The summed E-state index contributed by atoms with van der Waals surface area (Å²) in [5.41, 5.74) is 0. The van der Waals surface area contributed by atoms with Gasteiger partial charge in [-0.2, -0.15) is 0 Å². The van der Waals surface area contributed by atoms with Crippen LogP contribution in [0.15, 0.2) is 21.2 Å². The van der Waals surface area contributed by atoms with Gasteiger partial charge in [-0.3, -0.25) is 4.79 Å². The maximum Gasteiger partial charge on any atom is 0.289 e. The number of furan rings is 1. The molecule has 0 radical (unpaired) electrons. The highest BCUT2D eigenvalue weighted by atomic mass is 79.9. The fourth-order valence-electron chi connectivity index (χ4n) is 1.88. The van der Waals surface area contributed by atoms with Crippen molar-refractivity contribution in [3.8, 4) is 0 Å². The van der Waals surface area contributed by atoms with Crippen molar-refractivity contribution in [2.45, 2.75) is 25.9 Å². The van der Waals surface area contributed by atoms with Gasteiger partial charge in [0.25, 0.3) is 5.91 Å². The number of amides is 1. The van der Waals surface area contributed by atoms with E-state index in [1.165, 1.54) is 0 Å².